The molecule has 0 aliphatic heterocycles. The average molecular weight is 328 g/mol. The second-order valence-electron chi connectivity index (χ2n) is 6.04. The standard InChI is InChI=1S/C19H21FN2O2/c20-16-10-4-3-9-15(16)18(23)12-21-19(24)22-17-11-5-7-13-6-1-2-8-14(13)17/h1-4,6,8-10,17-18,23H,5,7,11-12H2,(H2,21,22,24). The zero-order valence-electron chi connectivity index (χ0n) is 13.3. The van der Waals surface area contributed by atoms with Gasteiger partial charge in [0.05, 0.1) is 12.1 Å². The van der Waals surface area contributed by atoms with Crippen molar-refractivity contribution in [3.05, 3.63) is 71.0 Å². The maximum atomic E-state index is 13.6. The van der Waals surface area contributed by atoms with Crippen molar-refractivity contribution in [2.45, 2.75) is 31.4 Å². The van der Waals surface area contributed by atoms with Crippen LogP contribution in [0.25, 0.3) is 0 Å². The van der Waals surface area contributed by atoms with Crippen molar-refractivity contribution >= 4 is 6.03 Å². The van der Waals surface area contributed by atoms with Gasteiger partial charge in [-0.25, -0.2) is 9.18 Å². The number of carbonyl (C=O) groups is 1. The number of halogens is 1. The van der Waals surface area contributed by atoms with Crippen LogP contribution in [-0.2, 0) is 6.42 Å². The number of hydrogen-bond donors (Lipinski definition) is 3. The Balaban J connectivity index is 1.56. The number of hydrogen-bond acceptors (Lipinski definition) is 2. The average Bonchev–Trinajstić information content (AvgIpc) is 2.60. The van der Waals surface area contributed by atoms with E-state index in [1.165, 1.54) is 17.7 Å². The van der Waals surface area contributed by atoms with Crippen LogP contribution in [0, 0.1) is 5.82 Å². The highest BCUT2D eigenvalue weighted by atomic mass is 19.1. The highest BCUT2D eigenvalue weighted by molar-refractivity contribution is 5.74. The Morgan fingerprint density at radius 3 is 2.79 bits per heavy atom. The first-order valence-corrected chi connectivity index (χ1v) is 8.20. The zero-order chi connectivity index (χ0) is 16.9. The molecule has 2 amide bonds. The van der Waals surface area contributed by atoms with E-state index in [9.17, 15) is 14.3 Å². The first kappa shape index (κ1) is 16.5. The second-order valence-corrected chi connectivity index (χ2v) is 6.04. The topological polar surface area (TPSA) is 61.4 Å². The number of carbonyl (C=O) groups excluding carboxylic acids is 1. The third-order valence-corrected chi connectivity index (χ3v) is 4.39. The molecule has 1 aliphatic rings. The van der Waals surface area contributed by atoms with Crippen molar-refractivity contribution in [3.8, 4) is 0 Å². The molecular formula is C19H21FN2O2. The summed E-state index contributed by atoms with van der Waals surface area (Å²) in [5.74, 6) is -0.478. The van der Waals surface area contributed by atoms with Crippen molar-refractivity contribution in [2.24, 2.45) is 0 Å². The molecule has 2 aromatic carbocycles. The van der Waals surface area contributed by atoms with Crippen molar-refractivity contribution < 1.29 is 14.3 Å². The second kappa shape index (κ2) is 7.45. The number of nitrogens with one attached hydrogen (secondary N) is 2. The molecule has 24 heavy (non-hydrogen) atoms. The maximum absolute atomic E-state index is 13.6. The predicted octanol–water partition coefficient (Wildman–Crippen LogP) is 3.24. The molecule has 4 nitrogen and oxygen atoms in total. The Morgan fingerprint density at radius 1 is 1.21 bits per heavy atom. The van der Waals surface area contributed by atoms with Gasteiger partial charge in [-0.1, -0.05) is 42.5 Å². The van der Waals surface area contributed by atoms with Crippen LogP contribution in [-0.4, -0.2) is 17.7 Å². The van der Waals surface area contributed by atoms with Crippen LogP contribution < -0.4 is 10.6 Å². The van der Waals surface area contributed by atoms with Gasteiger partial charge in [-0.05, 0) is 36.5 Å². The van der Waals surface area contributed by atoms with E-state index < -0.39 is 11.9 Å². The number of fused-ring (bicyclic) bond motifs is 1. The molecule has 5 heteroatoms. The molecule has 3 rings (SSSR count). The lowest BCUT2D eigenvalue weighted by Gasteiger charge is -2.26. The molecular weight excluding hydrogens is 307 g/mol. The number of aryl methyl sites for hydroxylation is 1. The van der Waals surface area contributed by atoms with E-state index in [1.807, 2.05) is 18.2 Å². The van der Waals surface area contributed by atoms with Gasteiger partial charge in [-0.2, -0.15) is 0 Å². The van der Waals surface area contributed by atoms with Gasteiger partial charge in [0.2, 0.25) is 0 Å². The lowest BCUT2D eigenvalue weighted by molar-refractivity contribution is 0.168. The largest absolute Gasteiger partial charge is 0.386 e. The summed E-state index contributed by atoms with van der Waals surface area (Å²) in [5, 5.41) is 15.6. The molecule has 2 atom stereocenters. The smallest absolute Gasteiger partial charge is 0.315 e. The van der Waals surface area contributed by atoms with Crippen LogP contribution in [0.3, 0.4) is 0 Å². The SMILES string of the molecule is O=C(NCC(O)c1ccccc1F)NC1CCCc2ccccc21. The molecule has 2 aromatic rings. The fourth-order valence-electron chi connectivity index (χ4n) is 3.16. The molecule has 0 saturated carbocycles. The molecule has 0 fully saturated rings. The molecule has 0 saturated heterocycles. The van der Waals surface area contributed by atoms with Gasteiger partial charge < -0.3 is 15.7 Å². The molecule has 126 valence electrons. The molecule has 3 N–H and O–H groups in total. The molecule has 1 aliphatic carbocycles. The minimum atomic E-state index is -1.07. The highest BCUT2D eigenvalue weighted by Crippen LogP contribution is 2.29. The lowest BCUT2D eigenvalue weighted by atomic mass is 9.88. The molecule has 0 radical (unpaired) electrons. The van der Waals surface area contributed by atoms with E-state index in [2.05, 4.69) is 16.7 Å². The monoisotopic (exact) mass is 328 g/mol. The third-order valence-electron chi connectivity index (χ3n) is 4.39. The minimum Gasteiger partial charge on any atom is -0.386 e. The summed E-state index contributed by atoms with van der Waals surface area (Å²) >= 11 is 0. The van der Waals surface area contributed by atoms with Crippen molar-refractivity contribution in [2.75, 3.05) is 6.54 Å². The third kappa shape index (κ3) is 3.74. The zero-order valence-corrected chi connectivity index (χ0v) is 13.3. The highest BCUT2D eigenvalue weighted by Gasteiger charge is 2.21. The molecule has 2 unspecified atom stereocenters. The Morgan fingerprint density at radius 2 is 1.96 bits per heavy atom. The first-order chi connectivity index (χ1) is 11.6. The molecule has 0 spiro atoms. The van der Waals surface area contributed by atoms with Gasteiger partial charge in [0.1, 0.15) is 5.82 Å². The number of rotatable bonds is 4. The quantitative estimate of drug-likeness (QED) is 0.807. The van der Waals surface area contributed by atoms with E-state index >= 15 is 0 Å². The Bertz CT molecular complexity index is 720. The fourth-order valence-corrected chi connectivity index (χ4v) is 3.16. The van der Waals surface area contributed by atoms with Crippen LogP contribution in [0.4, 0.5) is 9.18 Å². The van der Waals surface area contributed by atoms with E-state index in [-0.39, 0.29) is 24.2 Å². The van der Waals surface area contributed by atoms with Crippen molar-refractivity contribution in [3.63, 3.8) is 0 Å². The number of aliphatic hydroxyl groups excluding tert-OH is 1. The summed E-state index contributed by atoms with van der Waals surface area (Å²) in [6.07, 6.45) is 1.87. The Kier molecular flexibility index (Phi) is 5.11. The van der Waals surface area contributed by atoms with Crippen LogP contribution >= 0.6 is 0 Å². The maximum Gasteiger partial charge on any atom is 0.315 e. The van der Waals surface area contributed by atoms with E-state index in [0.717, 1.165) is 24.8 Å². The van der Waals surface area contributed by atoms with Crippen molar-refractivity contribution in [1.82, 2.24) is 10.6 Å². The minimum absolute atomic E-state index is 0.0273. The van der Waals surface area contributed by atoms with Gasteiger partial charge in [-0.3, -0.25) is 0 Å². The summed E-state index contributed by atoms with van der Waals surface area (Å²) in [6.45, 7) is -0.0405. The van der Waals surface area contributed by atoms with Crippen LogP contribution in [0.1, 0.15) is 41.7 Å². The lowest BCUT2D eigenvalue weighted by Crippen LogP contribution is -2.40. The van der Waals surface area contributed by atoms with Crippen LogP contribution in [0.5, 0.6) is 0 Å². The summed E-state index contributed by atoms with van der Waals surface area (Å²) in [4.78, 5) is 12.1. The van der Waals surface area contributed by atoms with Crippen molar-refractivity contribution in [1.29, 1.82) is 0 Å². The van der Waals surface area contributed by atoms with Gasteiger partial charge in [-0.15, -0.1) is 0 Å². The van der Waals surface area contributed by atoms with Gasteiger partial charge in [0.15, 0.2) is 0 Å². The number of aliphatic hydroxyl groups is 1. The number of urea groups is 1. The van der Waals surface area contributed by atoms with Gasteiger partial charge in [0, 0.05) is 12.1 Å². The van der Waals surface area contributed by atoms with E-state index in [1.54, 1.807) is 12.1 Å². The van der Waals surface area contributed by atoms with Crippen LogP contribution in [0.2, 0.25) is 0 Å². The molecule has 0 aromatic heterocycles. The van der Waals surface area contributed by atoms with E-state index in [4.69, 9.17) is 0 Å². The summed E-state index contributed by atoms with van der Waals surface area (Å²) in [5.41, 5.74) is 2.59. The molecule has 0 heterocycles. The van der Waals surface area contributed by atoms with Gasteiger partial charge in [0.25, 0.3) is 0 Å². The number of benzene rings is 2. The van der Waals surface area contributed by atoms with E-state index in [0.29, 0.717) is 0 Å². The normalized spacial score (nSPS) is 17.7. The first-order valence-electron chi connectivity index (χ1n) is 8.20. The molecule has 0 bridgehead atoms. The fraction of sp³-hybridized carbons (Fsp3) is 0.316. The summed E-state index contributed by atoms with van der Waals surface area (Å²) < 4.78 is 13.6. The Hall–Kier alpha value is -2.40. The summed E-state index contributed by atoms with van der Waals surface area (Å²) in [7, 11) is 0. The summed E-state index contributed by atoms with van der Waals surface area (Å²) in [6, 6.07) is 13.7. The number of amides is 2. The Labute approximate surface area is 140 Å². The van der Waals surface area contributed by atoms with Crippen LogP contribution in [0.15, 0.2) is 48.5 Å². The van der Waals surface area contributed by atoms with Gasteiger partial charge >= 0.3 is 6.03 Å². The predicted molar refractivity (Wildman–Crippen MR) is 90.0 cm³/mol.